The number of hydrogen-bond acceptors (Lipinski definition) is 5. The van der Waals surface area contributed by atoms with Crippen LogP contribution in [0.1, 0.15) is 36.5 Å². The van der Waals surface area contributed by atoms with Gasteiger partial charge < -0.3 is 19.9 Å². The van der Waals surface area contributed by atoms with Gasteiger partial charge in [-0.15, -0.1) is 0 Å². The van der Waals surface area contributed by atoms with E-state index in [1.165, 1.54) is 0 Å². The molecular weight excluding hydrogens is 326 g/mol. The van der Waals surface area contributed by atoms with Crippen LogP contribution >= 0.6 is 0 Å². The Morgan fingerprint density at radius 3 is 2.60 bits per heavy atom. The quantitative estimate of drug-likeness (QED) is 0.792. The molecule has 0 aliphatic heterocycles. The summed E-state index contributed by atoms with van der Waals surface area (Å²) in [5.74, 6) is -2.05. The van der Waals surface area contributed by atoms with Crippen LogP contribution in [0.3, 0.4) is 0 Å². The monoisotopic (exact) mass is 347 g/mol. The average Bonchev–Trinajstić information content (AvgIpc) is 3.18. The Morgan fingerprint density at radius 2 is 1.96 bits per heavy atom. The van der Waals surface area contributed by atoms with E-state index in [0.717, 1.165) is 6.42 Å². The van der Waals surface area contributed by atoms with Crippen molar-refractivity contribution in [3.05, 3.63) is 35.9 Å². The number of carboxylic acids is 1. The number of amides is 1. The van der Waals surface area contributed by atoms with E-state index in [2.05, 4.69) is 5.32 Å². The first-order valence-electron chi connectivity index (χ1n) is 8.43. The maximum absolute atomic E-state index is 12.6. The molecule has 1 aromatic carbocycles. The van der Waals surface area contributed by atoms with Gasteiger partial charge in [-0.3, -0.25) is 4.79 Å². The van der Waals surface area contributed by atoms with Crippen molar-refractivity contribution in [2.75, 3.05) is 6.61 Å². The predicted molar refractivity (Wildman–Crippen MR) is 87.0 cm³/mol. The molecule has 2 fully saturated rings. The normalized spacial score (nSPS) is 29.9. The molecule has 0 aromatic heterocycles. The minimum Gasteiger partial charge on any atom is -0.479 e. The van der Waals surface area contributed by atoms with Gasteiger partial charge in [-0.2, -0.15) is 0 Å². The van der Waals surface area contributed by atoms with Crippen molar-refractivity contribution in [2.45, 2.75) is 37.8 Å². The first-order valence-corrected chi connectivity index (χ1v) is 8.43. The molecule has 134 valence electrons. The number of carbonyl (C=O) groups is 3. The Morgan fingerprint density at radius 1 is 1.24 bits per heavy atom. The SMILES string of the molecule is CCOC(=O)O[C@@H]1[C@@H]2CC[C@@H](C2)[C@@]1(NC(=O)c1ccccc1)C(=O)O. The number of carbonyl (C=O) groups excluding carboxylic acids is 2. The number of aliphatic carboxylic acids is 1. The number of ether oxygens (including phenoxy) is 2. The molecule has 0 saturated heterocycles. The molecule has 0 heterocycles. The first-order chi connectivity index (χ1) is 12.0. The predicted octanol–water partition coefficient (Wildman–Crippen LogP) is 2.21. The summed E-state index contributed by atoms with van der Waals surface area (Å²) in [7, 11) is 0. The van der Waals surface area contributed by atoms with Crippen LogP contribution in [0.4, 0.5) is 4.79 Å². The lowest BCUT2D eigenvalue weighted by Crippen LogP contribution is -2.66. The van der Waals surface area contributed by atoms with E-state index in [4.69, 9.17) is 9.47 Å². The van der Waals surface area contributed by atoms with Crippen molar-refractivity contribution < 1.29 is 29.0 Å². The van der Waals surface area contributed by atoms with Gasteiger partial charge in [0.15, 0.2) is 5.54 Å². The Balaban J connectivity index is 1.89. The number of benzene rings is 1. The molecule has 3 rings (SSSR count). The average molecular weight is 347 g/mol. The van der Waals surface area contributed by atoms with Gasteiger partial charge in [0.1, 0.15) is 6.10 Å². The fourth-order valence-corrected chi connectivity index (χ4v) is 4.13. The highest BCUT2D eigenvalue weighted by Crippen LogP contribution is 2.52. The van der Waals surface area contributed by atoms with Crippen LogP contribution in [0.15, 0.2) is 30.3 Å². The minimum absolute atomic E-state index is 0.0958. The van der Waals surface area contributed by atoms with E-state index >= 15 is 0 Å². The third-order valence-electron chi connectivity index (χ3n) is 5.19. The molecule has 25 heavy (non-hydrogen) atoms. The Bertz CT molecular complexity index is 675. The van der Waals surface area contributed by atoms with Gasteiger partial charge in [0.25, 0.3) is 5.91 Å². The molecular formula is C18H21NO6. The van der Waals surface area contributed by atoms with E-state index in [1.54, 1.807) is 37.3 Å². The Labute approximate surface area is 145 Å². The summed E-state index contributed by atoms with van der Waals surface area (Å²) in [5.41, 5.74) is -1.26. The van der Waals surface area contributed by atoms with Crippen LogP contribution < -0.4 is 5.32 Å². The second-order valence-corrected chi connectivity index (χ2v) is 6.49. The van der Waals surface area contributed by atoms with Crippen LogP contribution in [-0.4, -0.2) is 41.4 Å². The van der Waals surface area contributed by atoms with Crippen molar-refractivity contribution in [2.24, 2.45) is 11.8 Å². The lowest BCUT2D eigenvalue weighted by Gasteiger charge is -2.39. The molecule has 2 aliphatic carbocycles. The Hall–Kier alpha value is -2.57. The van der Waals surface area contributed by atoms with Crippen molar-refractivity contribution in [1.29, 1.82) is 0 Å². The molecule has 7 heteroatoms. The number of hydrogen-bond donors (Lipinski definition) is 2. The topological polar surface area (TPSA) is 102 Å². The molecule has 2 bridgehead atoms. The molecule has 2 aliphatic rings. The maximum Gasteiger partial charge on any atom is 0.508 e. The lowest BCUT2D eigenvalue weighted by atomic mass is 9.78. The fraction of sp³-hybridized carbons (Fsp3) is 0.500. The molecule has 2 saturated carbocycles. The fourth-order valence-electron chi connectivity index (χ4n) is 4.13. The van der Waals surface area contributed by atoms with E-state index in [0.29, 0.717) is 18.4 Å². The molecule has 1 aromatic rings. The standard InChI is InChI=1S/C18H21NO6/c1-2-24-17(23)25-14-12-8-9-13(10-12)18(14,16(21)22)19-15(20)11-6-4-3-5-7-11/h3-7,12-14H,2,8-10H2,1H3,(H,19,20)(H,21,22)/t12-,13+,14-,18+/m1/s1. The highest BCUT2D eigenvalue weighted by atomic mass is 16.7. The van der Waals surface area contributed by atoms with Gasteiger partial charge in [-0.25, -0.2) is 9.59 Å². The molecule has 2 N–H and O–H groups in total. The number of carboxylic acid groups (broad SMARTS) is 1. The molecule has 0 radical (unpaired) electrons. The zero-order valence-electron chi connectivity index (χ0n) is 13.9. The van der Waals surface area contributed by atoms with Gasteiger partial charge in [-0.1, -0.05) is 18.2 Å². The van der Waals surface area contributed by atoms with Gasteiger partial charge in [0.05, 0.1) is 6.61 Å². The molecule has 0 unspecified atom stereocenters. The summed E-state index contributed by atoms with van der Waals surface area (Å²) in [6.07, 6.45) is 0.209. The van der Waals surface area contributed by atoms with Gasteiger partial charge in [0, 0.05) is 5.56 Å². The summed E-state index contributed by atoms with van der Waals surface area (Å²) in [4.78, 5) is 36.6. The summed E-state index contributed by atoms with van der Waals surface area (Å²) in [5, 5.41) is 12.6. The highest BCUT2D eigenvalue weighted by Gasteiger charge is 2.66. The van der Waals surface area contributed by atoms with Crippen LogP contribution in [-0.2, 0) is 14.3 Å². The maximum atomic E-state index is 12.6. The number of rotatable bonds is 5. The van der Waals surface area contributed by atoms with Crippen molar-refractivity contribution in [1.82, 2.24) is 5.32 Å². The second kappa shape index (κ2) is 6.74. The first kappa shape index (κ1) is 17.3. The van der Waals surface area contributed by atoms with Crippen LogP contribution in [0.25, 0.3) is 0 Å². The van der Waals surface area contributed by atoms with E-state index in [-0.39, 0.29) is 18.4 Å². The van der Waals surface area contributed by atoms with Crippen molar-refractivity contribution in [3.8, 4) is 0 Å². The third kappa shape index (κ3) is 2.94. The Kier molecular flexibility index (Phi) is 4.65. The highest BCUT2D eigenvalue weighted by molar-refractivity contribution is 5.98. The number of fused-ring (bicyclic) bond motifs is 2. The van der Waals surface area contributed by atoms with Crippen LogP contribution in [0.2, 0.25) is 0 Å². The summed E-state index contributed by atoms with van der Waals surface area (Å²) in [6.45, 7) is 1.78. The van der Waals surface area contributed by atoms with Crippen molar-refractivity contribution >= 4 is 18.0 Å². The van der Waals surface area contributed by atoms with Crippen LogP contribution in [0.5, 0.6) is 0 Å². The zero-order valence-corrected chi connectivity index (χ0v) is 13.9. The van der Waals surface area contributed by atoms with E-state index in [9.17, 15) is 19.5 Å². The molecule has 4 atom stereocenters. The molecule has 7 nitrogen and oxygen atoms in total. The van der Waals surface area contributed by atoms with Crippen LogP contribution in [0, 0.1) is 11.8 Å². The summed E-state index contributed by atoms with van der Waals surface area (Å²) < 4.78 is 10.2. The second-order valence-electron chi connectivity index (χ2n) is 6.49. The lowest BCUT2D eigenvalue weighted by molar-refractivity contribution is -0.154. The van der Waals surface area contributed by atoms with Crippen molar-refractivity contribution in [3.63, 3.8) is 0 Å². The zero-order chi connectivity index (χ0) is 18.0. The third-order valence-corrected chi connectivity index (χ3v) is 5.19. The van der Waals surface area contributed by atoms with E-state index < -0.39 is 29.7 Å². The summed E-state index contributed by atoms with van der Waals surface area (Å²) >= 11 is 0. The summed E-state index contributed by atoms with van der Waals surface area (Å²) in [6, 6.07) is 8.40. The molecule has 1 amide bonds. The largest absolute Gasteiger partial charge is 0.508 e. The van der Waals surface area contributed by atoms with E-state index in [1.807, 2.05) is 0 Å². The number of nitrogens with one attached hydrogen (secondary N) is 1. The molecule has 0 spiro atoms. The van der Waals surface area contributed by atoms with Gasteiger partial charge >= 0.3 is 12.1 Å². The van der Waals surface area contributed by atoms with Gasteiger partial charge in [-0.05, 0) is 50.2 Å². The smallest absolute Gasteiger partial charge is 0.479 e. The minimum atomic E-state index is -1.62. The van der Waals surface area contributed by atoms with Gasteiger partial charge in [0.2, 0.25) is 0 Å².